The molecule has 6 heteroatoms. The lowest BCUT2D eigenvalue weighted by atomic mass is 10.2. The van der Waals surface area contributed by atoms with Crippen LogP contribution < -0.4 is 0 Å². The Morgan fingerprint density at radius 3 is 2.29 bits per heavy atom. The Labute approximate surface area is 118 Å². The summed E-state index contributed by atoms with van der Waals surface area (Å²) < 4.78 is 42.6. The van der Waals surface area contributed by atoms with Gasteiger partial charge in [-0.3, -0.25) is 4.98 Å². The van der Waals surface area contributed by atoms with E-state index in [-0.39, 0.29) is 5.89 Å². The molecule has 0 bridgehead atoms. The molecule has 3 rings (SSSR count). The highest BCUT2D eigenvalue weighted by atomic mass is 19.4. The number of nitrogens with zero attached hydrogens (tertiary/aromatic N) is 2. The van der Waals surface area contributed by atoms with E-state index >= 15 is 0 Å². The minimum Gasteiger partial charge on any atom is -0.444 e. The number of benzene rings is 1. The summed E-state index contributed by atoms with van der Waals surface area (Å²) in [5, 5.41) is 0. The quantitative estimate of drug-likeness (QED) is 0.701. The fourth-order valence-corrected chi connectivity index (χ4v) is 1.84. The zero-order chi connectivity index (χ0) is 14.9. The number of pyridine rings is 1. The van der Waals surface area contributed by atoms with Gasteiger partial charge in [0.1, 0.15) is 17.7 Å². The zero-order valence-electron chi connectivity index (χ0n) is 10.6. The van der Waals surface area contributed by atoms with Crippen molar-refractivity contribution in [1.29, 1.82) is 0 Å². The van der Waals surface area contributed by atoms with Crippen molar-refractivity contribution in [3.05, 3.63) is 60.6 Å². The van der Waals surface area contributed by atoms with E-state index in [4.69, 9.17) is 4.42 Å². The molecule has 0 aliphatic rings. The predicted octanol–water partition coefficient (Wildman–Crippen LogP) is 4.42. The molecule has 106 valence electrons. The maximum atomic E-state index is 12.4. The summed E-state index contributed by atoms with van der Waals surface area (Å²) in [4.78, 5) is 7.64. The second-order valence-corrected chi connectivity index (χ2v) is 4.33. The smallest absolute Gasteiger partial charge is 0.433 e. The molecule has 0 atom stereocenters. The van der Waals surface area contributed by atoms with Crippen LogP contribution in [-0.2, 0) is 6.18 Å². The Morgan fingerprint density at radius 1 is 0.905 bits per heavy atom. The van der Waals surface area contributed by atoms with Gasteiger partial charge in [-0.05, 0) is 12.1 Å². The van der Waals surface area contributed by atoms with Crippen molar-refractivity contribution < 1.29 is 17.6 Å². The van der Waals surface area contributed by atoms with Gasteiger partial charge in [-0.1, -0.05) is 30.3 Å². The average Bonchev–Trinajstić information content (AvgIpc) is 2.97. The second-order valence-electron chi connectivity index (χ2n) is 4.33. The average molecular weight is 290 g/mol. The number of hydrogen-bond acceptors (Lipinski definition) is 3. The van der Waals surface area contributed by atoms with E-state index < -0.39 is 11.9 Å². The van der Waals surface area contributed by atoms with Crippen LogP contribution >= 0.6 is 0 Å². The first-order valence-electron chi connectivity index (χ1n) is 6.08. The van der Waals surface area contributed by atoms with Crippen LogP contribution in [0.25, 0.3) is 22.7 Å². The first-order valence-corrected chi connectivity index (χ1v) is 6.08. The molecular weight excluding hydrogens is 281 g/mol. The molecule has 0 aliphatic carbocycles. The molecule has 0 spiro atoms. The van der Waals surface area contributed by atoms with E-state index in [1.54, 1.807) is 0 Å². The number of halogens is 3. The molecule has 3 nitrogen and oxygen atoms in total. The monoisotopic (exact) mass is 290 g/mol. The Kier molecular flexibility index (Phi) is 3.21. The normalized spacial score (nSPS) is 11.6. The van der Waals surface area contributed by atoms with Crippen molar-refractivity contribution in [2.75, 3.05) is 0 Å². The van der Waals surface area contributed by atoms with Gasteiger partial charge >= 0.3 is 6.18 Å². The highest BCUT2D eigenvalue weighted by molar-refractivity contribution is 5.62. The number of aromatic nitrogens is 2. The van der Waals surface area contributed by atoms with Crippen molar-refractivity contribution >= 4 is 0 Å². The maximum Gasteiger partial charge on any atom is 0.433 e. The summed E-state index contributed by atoms with van der Waals surface area (Å²) in [6, 6.07) is 11.5. The number of oxazole rings is 1. The molecule has 0 saturated heterocycles. The van der Waals surface area contributed by atoms with E-state index in [1.165, 1.54) is 12.3 Å². The van der Waals surface area contributed by atoms with Crippen molar-refractivity contribution in [2.24, 2.45) is 0 Å². The van der Waals surface area contributed by atoms with Crippen LogP contribution in [0.2, 0.25) is 0 Å². The second kappa shape index (κ2) is 5.05. The number of rotatable bonds is 2. The fraction of sp³-hybridized carbons (Fsp3) is 0.0667. The van der Waals surface area contributed by atoms with Gasteiger partial charge in [0, 0.05) is 11.8 Å². The van der Waals surface area contributed by atoms with Gasteiger partial charge in [0.05, 0.1) is 5.56 Å². The predicted molar refractivity (Wildman–Crippen MR) is 70.2 cm³/mol. The fourth-order valence-electron chi connectivity index (χ4n) is 1.84. The topological polar surface area (TPSA) is 38.9 Å². The lowest BCUT2D eigenvalue weighted by Crippen LogP contribution is -2.07. The van der Waals surface area contributed by atoms with Gasteiger partial charge < -0.3 is 4.42 Å². The van der Waals surface area contributed by atoms with Crippen LogP contribution in [0.5, 0.6) is 0 Å². The van der Waals surface area contributed by atoms with Gasteiger partial charge in [-0.2, -0.15) is 13.2 Å². The van der Waals surface area contributed by atoms with Crippen LogP contribution in [0.1, 0.15) is 5.69 Å². The molecule has 0 N–H and O–H groups in total. The third kappa shape index (κ3) is 2.79. The molecule has 21 heavy (non-hydrogen) atoms. The summed E-state index contributed by atoms with van der Waals surface area (Å²) in [5.41, 5.74) is 0.934. The van der Waals surface area contributed by atoms with Gasteiger partial charge in [0.25, 0.3) is 0 Å². The lowest BCUT2D eigenvalue weighted by Gasteiger charge is -2.04. The van der Waals surface area contributed by atoms with Gasteiger partial charge in [-0.15, -0.1) is 0 Å². The molecule has 0 radical (unpaired) electrons. The highest BCUT2D eigenvalue weighted by Crippen LogP contribution is 2.29. The Hall–Kier alpha value is -2.63. The van der Waals surface area contributed by atoms with E-state index in [0.717, 1.165) is 17.8 Å². The molecule has 1 aromatic carbocycles. The molecule has 2 heterocycles. The third-order valence-corrected chi connectivity index (χ3v) is 2.87. The minimum absolute atomic E-state index is 0.232. The van der Waals surface area contributed by atoms with E-state index in [2.05, 4.69) is 9.97 Å². The van der Waals surface area contributed by atoms with Crippen LogP contribution in [0, 0.1) is 0 Å². The first-order chi connectivity index (χ1) is 10.0. The molecular formula is C15H9F3N2O. The van der Waals surface area contributed by atoms with Crippen LogP contribution in [-0.4, -0.2) is 9.97 Å². The van der Waals surface area contributed by atoms with Gasteiger partial charge in [0.2, 0.25) is 5.89 Å². The minimum atomic E-state index is -4.45. The van der Waals surface area contributed by atoms with Crippen LogP contribution in [0.15, 0.2) is 59.3 Å². The van der Waals surface area contributed by atoms with E-state index in [0.29, 0.717) is 11.3 Å². The van der Waals surface area contributed by atoms with Crippen molar-refractivity contribution in [1.82, 2.24) is 9.97 Å². The Bertz CT molecular complexity index is 734. The Balaban J connectivity index is 1.90. The van der Waals surface area contributed by atoms with Crippen LogP contribution in [0.3, 0.4) is 0 Å². The van der Waals surface area contributed by atoms with E-state index in [9.17, 15) is 13.2 Å². The summed E-state index contributed by atoms with van der Waals surface area (Å²) in [6.45, 7) is 0. The molecule has 3 aromatic rings. The largest absolute Gasteiger partial charge is 0.444 e. The van der Waals surface area contributed by atoms with E-state index in [1.807, 2.05) is 30.3 Å². The molecule has 0 aliphatic heterocycles. The Morgan fingerprint density at radius 2 is 1.67 bits per heavy atom. The summed E-state index contributed by atoms with van der Waals surface area (Å²) >= 11 is 0. The molecule has 0 amide bonds. The van der Waals surface area contributed by atoms with Crippen molar-refractivity contribution in [3.63, 3.8) is 0 Å². The summed E-state index contributed by atoms with van der Waals surface area (Å²) in [5.74, 6) is 0.232. The highest BCUT2D eigenvalue weighted by Gasteiger charge is 2.32. The van der Waals surface area contributed by atoms with Crippen LogP contribution in [0.4, 0.5) is 13.2 Å². The third-order valence-electron chi connectivity index (χ3n) is 2.87. The molecule has 0 unspecified atom stereocenters. The zero-order valence-corrected chi connectivity index (χ0v) is 10.6. The maximum absolute atomic E-state index is 12.4. The standard InChI is InChI=1S/C15H9F3N2O/c16-15(17,18)13-7-6-11(8-19-13)14-20-12(9-21-14)10-4-2-1-3-5-10/h1-9H. The molecule has 0 fully saturated rings. The molecule has 2 aromatic heterocycles. The lowest BCUT2D eigenvalue weighted by molar-refractivity contribution is -0.141. The van der Waals surface area contributed by atoms with Crippen molar-refractivity contribution in [3.8, 4) is 22.7 Å². The molecule has 0 saturated carbocycles. The number of alkyl halides is 3. The summed E-state index contributed by atoms with van der Waals surface area (Å²) in [6.07, 6.45) is -1.89. The summed E-state index contributed by atoms with van der Waals surface area (Å²) in [7, 11) is 0. The SMILES string of the molecule is FC(F)(F)c1ccc(-c2nc(-c3ccccc3)co2)cn1. The number of hydrogen-bond donors (Lipinski definition) is 0. The van der Waals surface area contributed by atoms with Gasteiger partial charge in [-0.25, -0.2) is 4.98 Å². The first kappa shape index (κ1) is 13.4. The van der Waals surface area contributed by atoms with Crippen molar-refractivity contribution in [2.45, 2.75) is 6.18 Å². The van der Waals surface area contributed by atoms with Gasteiger partial charge in [0.15, 0.2) is 0 Å².